The average molecular weight is 453 g/mol. The normalized spacial score (nSPS) is 18.9. The molecule has 0 saturated carbocycles. The molecule has 0 spiro atoms. The van der Waals surface area contributed by atoms with Crippen LogP contribution in [0.1, 0.15) is 70.5 Å². The monoisotopic (exact) mass is 452 g/mol. The molecule has 5 rings (SSSR count). The molecule has 3 aromatic rings. The molecule has 1 aliphatic heterocycles. The molecule has 0 aromatic heterocycles. The molecule has 2 aliphatic rings. The van der Waals surface area contributed by atoms with E-state index in [-0.39, 0.29) is 17.2 Å². The topological polar surface area (TPSA) is 32.3 Å². The Morgan fingerprint density at radius 3 is 2.32 bits per heavy atom. The first kappa shape index (κ1) is 22.7. The summed E-state index contributed by atoms with van der Waals surface area (Å²) in [7, 11) is 0. The summed E-state index contributed by atoms with van der Waals surface area (Å²) in [5, 5.41) is 6.18. The molecule has 1 heterocycles. The molecule has 0 unspecified atom stereocenters. The summed E-state index contributed by atoms with van der Waals surface area (Å²) in [6.45, 7) is 11.1. The number of rotatable bonds is 6. The average Bonchev–Trinajstić information content (AvgIpc) is 2.82. The maximum absolute atomic E-state index is 13.6. The number of hydrogen-bond donors (Lipinski definition) is 1. The van der Waals surface area contributed by atoms with Gasteiger partial charge in [-0.05, 0) is 64.8 Å². The van der Waals surface area contributed by atoms with Gasteiger partial charge in [0.1, 0.15) is 0 Å². The van der Waals surface area contributed by atoms with Gasteiger partial charge in [0, 0.05) is 42.0 Å². The van der Waals surface area contributed by atoms with Gasteiger partial charge < -0.3 is 10.2 Å². The minimum Gasteiger partial charge on any atom is -0.374 e. The van der Waals surface area contributed by atoms with E-state index >= 15 is 0 Å². The first-order valence-electron chi connectivity index (χ1n) is 12.8. The molecular formula is C31H36N2O. The molecule has 1 N–H and O–H groups in total. The van der Waals surface area contributed by atoms with Gasteiger partial charge in [0.2, 0.25) is 0 Å². The predicted molar refractivity (Wildman–Crippen MR) is 144 cm³/mol. The van der Waals surface area contributed by atoms with Gasteiger partial charge in [-0.1, -0.05) is 70.2 Å². The van der Waals surface area contributed by atoms with Gasteiger partial charge in [-0.2, -0.15) is 0 Å². The van der Waals surface area contributed by atoms with Crippen molar-refractivity contribution >= 4 is 33.5 Å². The maximum atomic E-state index is 13.6. The summed E-state index contributed by atoms with van der Waals surface area (Å²) in [6.07, 6.45) is 3.81. The smallest absolute Gasteiger partial charge is 0.164 e. The lowest BCUT2D eigenvalue weighted by molar-refractivity contribution is -0.116. The van der Waals surface area contributed by atoms with E-state index < -0.39 is 0 Å². The Bertz CT molecular complexity index is 1250. The summed E-state index contributed by atoms with van der Waals surface area (Å²) in [5.74, 6) is 0.282. The van der Waals surface area contributed by atoms with Crippen LogP contribution in [0.25, 0.3) is 16.3 Å². The molecule has 0 saturated heterocycles. The lowest BCUT2D eigenvalue weighted by atomic mass is 9.68. The molecule has 0 bridgehead atoms. The van der Waals surface area contributed by atoms with Crippen molar-refractivity contribution in [3.8, 4) is 0 Å². The number of hydrogen-bond acceptors (Lipinski definition) is 3. The minimum absolute atomic E-state index is 0.0204. The van der Waals surface area contributed by atoms with Crippen molar-refractivity contribution in [1.82, 2.24) is 0 Å². The van der Waals surface area contributed by atoms with Crippen LogP contribution in [0.2, 0.25) is 0 Å². The van der Waals surface area contributed by atoms with E-state index in [4.69, 9.17) is 0 Å². The number of fused-ring (bicyclic) bond motifs is 4. The van der Waals surface area contributed by atoms with E-state index in [9.17, 15) is 4.79 Å². The van der Waals surface area contributed by atoms with Gasteiger partial charge in [-0.3, -0.25) is 4.79 Å². The highest BCUT2D eigenvalue weighted by Crippen LogP contribution is 2.51. The van der Waals surface area contributed by atoms with E-state index in [1.807, 2.05) is 0 Å². The Morgan fingerprint density at radius 1 is 0.912 bits per heavy atom. The number of Topliss-reactive ketones (excluding diaryl/α,β-unsaturated/α-hetero) is 1. The van der Waals surface area contributed by atoms with Crippen molar-refractivity contribution < 1.29 is 4.79 Å². The van der Waals surface area contributed by atoms with Crippen molar-refractivity contribution in [2.45, 2.75) is 59.4 Å². The van der Waals surface area contributed by atoms with E-state index in [1.165, 1.54) is 22.2 Å². The highest BCUT2D eigenvalue weighted by Gasteiger charge is 2.40. The van der Waals surface area contributed by atoms with Crippen LogP contribution in [-0.2, 0) is 4.79 Å². The third kappa shape index (κ3) is 4.02. The Morgan fingerprint density at radius 2 is 1.62 bits per heavy atom. The number of nitrogens with one attached hydrogen (secondary N) is 1. The molecule has 0 fully saturated rings. The van der Waals surface area contributed by atoms with Crippen LogP contribution in [0.3, 0.4) is 0 Å². The standard InChI is InChI=1S/C31H36N2O/c1-5-17-33(18-6-2)23-14-11-22(12-15-23)30-25-19-31(3,4)20-27(34)29(25)28-24-10-8-7-9-21(24)13-16-26(28)32-30/h7-16,30,32H,5-6,17-20H2,1-4H3/t30-/m0/s1. The number of carbonyl (C=O) groups excluding carboxylic acids is 1. The van der Waals surface area contributed by atoms with Gasteiger partial charge >= 0.3 is 0 Å². The van der Waals surface area contributed by atoms with Crippen LogP contribution >= 0.6 is 0 Å². The number of allylic oxidation sites excluding steroid dienone is 1. The molecule has 1 atom stereocenters. The number of ketones is 1. The SMILES string of the molecule is CCCN(CCC)c1ccc([C@@H]2Nc3ccc4ccccc4c3C3=C2CC(C)(C)CC3=O)cc1. The first-order chi connectivity index (χ1) is 16.4. The molecule has 1 aliphatic carbocycles. The van der Waals surface area contributed by atoms with Crippen molar-refractivity contribution in [1.29, 1.82) is 0 Å². The molecule has 3 heteroatoms. The molecule has 3 nitrogen and oxygen atoms in total. The van der Waals surface area contributed by atoms with Gasteiger partial charge in [0.25, 0.3) is 0 Å². The lowest BCUT2D eigenvalue weighted by Gasteiger charge is -2.40. The highest BCUT2D eigenvalue weighted by molar-refractivity contribution is 6.28. The Kier molecular flexibility index (Phi) is 5.97. The van der Waals surface area contributed by atoms with Crippen molar-refractivity contribution in [3.63, 3.8) is 0 Å². The number of benzene rings is 3. The molecule has 176 valence electrons. The Labute approximate surface area is 203 Å². The summed E-state index contributed by atoms with van der Waals surface area (Å²) in [5.41, 5.74) is 6.85. The van der Waals surface area contributed by atoms with E-state index in [2.05, 4.69) is 98.6 Å². The second kappa shape index (κ2) is 8.94. The van der Waals surface area contributed by atoms with Gasteiger partial charge in [-0.15, -0.1) is 0 Å². The minimum atomic E-state index is -0.0308. The van der Waals surface area contributed by atoms with E-state index in [0.717, 1.165) is 54.6 Å². The van der Waals surface area contributed by atoms with Gasteiger partial charge in [0.05, 0.1) is 6.04 Å². The highest BCUT2D eigenvalue weighted by atomic mass is 16.1. The van der Waals surface area contributed by atoms with Crippen LogP contribution in [0, 0.1) is 5.41 Å². The summed E-state index contributed by atoms with van der Waals surface area (Å²) < 4.78 is 0. The number of carbonyl (C=O) groups is 1. The Hall–Kier alpha value is -3.07. The zero-order valence-corrected chi connectivity index (χ0v) is 20.9. The second-order valence-electron chi connectivity index (χ2n) is 10.7. The summed E-state index contributed by atoms with van der Waals surface area (Å²) in [6, 6.07) is 21.8. The van der Waals surface area contributed by atoms with Crippen molar-refractivity contribution in [3.05, 3.63) is 77.4 Å². The molecule has 3 aromatic carbocycles. The molecular weight excluding hydrogens is 416 g/mol. The lowest BCUT2D eigenvalue weighted by Crippen LogP contribution is -2.32. The van der Waals surface area contributed by atoms with Crippen molar-refractivity contribution in [2.75, 3.05) is 23.3 Å². The zero-order chi connectivity index (χ0) is 23.9. The largest absolute Gasteiger partial charge is 0.374 e. The van der Waals surface area contributed by atoms with E-state index in [1.54, 1.807) is 0 Å². The van der Waals surface area contributed by atoms with Crippen LogP contribution in [0.5, 0.6) is 0 Å². The Balaban J connectivity index is 1.62. The third-order valence-electron chi connectivity index (χ3n) is 7.31. The molecule has 0 radical (unpaired) electrons. The summed E-state index contributed by atoms with van der Waals surface area (Å²) in [4.78, 5) is 16.1. The molecule has 34 heavy (non-hydrogen) atoms. The quantitative estimate of drug-likeness (QED) is 0.414. The fourth-order valence-corrected chi connectivity index (χ4v) is 5.89. The van der Waals surface area contributed by atoms with Crippen molar-refractivity contribution in [2.24, 2.45) is 5.41 Å². The number of nitrogens with zero attached hydrogens (tertiary/aromatic N) is 1. The fraction of sp³-hybridized carbons (Fsp3) is 0.387. The van der Waals surface area contributed by atoms with Crippen LogP contribution < -0.4 is 10.2 Å². The maximum Gasteiger partial charge on any atom is 0.164 e. The summed E-state index contributed by atoms with van der Waals surface area (Å²) >= 11 is 0. The number of anilines is 2. The third-order valence-corrected chi connectivity index (χ3v) is 7.31. The van der Waals surface area contributed by atoms with Crippen LogP contribution in [-0.4, -0.2) is 18.9 Å². The second-order valence-corrected chi connectivity index (χ2v) is 10.7. The van der Waals surface area contributed by atoms with Gasteiger partial charge in [-0.25, -0.2) is 0 Å². The van der Waals surface area contributed by atoms with Gasteiger partial charge in [0.15, 0.2) is 5.78 Å². The predicted octanol–water partition coefficient (Wildman–Crippen LogP) is 7.78. The van der Waals surface area contributed by atoms with Crippen LogP contribution in [0.4, 0.5) is 11.4 Å². The molecule has 0 amide bonds. The van der Waals surface area contributed by atoms with Crippen LogP contribution in [0.15, 0.2) is 66.2 Å². The first-order valence-corrected chi connectivity index (χ1v) is 12.8. The fourth-order valence-electron chi connectivity index (χ4n) is 5.89. The van der Waals surface area contributed by atoms with E-state index in [0.29, 0.717) is 6.42 Å². The zero-order valence-electron chi connectivity index (χ0n) is 20.9.